The zero-order chi connectivity index (χ0) is 17.2. The van der Waals surface area contributed by atoms with Crippen LogP contribution in [0.2, 0.25) is 5.02 Å². The number of sulfonamides is 1. The lowest BCUT2D eigenvalue weighted by Gasteiger charge is -2.33. The molecule has 24 heavy (non-hydrogen) atoms. The molecule has 3 rings (SSSR count). The van der Waals surface area contributed by atoms with E-state index in [9.17, 15) is 8.42 Å². The third-order valence-corrected chi connectivity index (χ3v) is 5.27. The molecule has 2 heterocycles. The molecule has 0 radical (unpaired) electrons. The third kappa shape index (κ3) is 4.92. The molecule has 1 N–H and O–H groups in total. The Morgan fingerprint density at radius 3 is 2.83 bits per heavy atom. The van der Waals surface area contributed by atoms with Crippen LogP contribution in [0.15, 0.2) is 29.4 Å². The van der Waals surface area contributed by atoms with Gasteiger partial charge in [0, 0.05) is 30.6 Å². The molecule has 0 bridgehead atoms. The number of halogens is 1. The Balaban J connectivity index is 1.52. The van der Waals surface area contributed by atoms with E-state index in [0.29, 0.717) is 11.6 Å². The zero-order valence-electron chi connectivity index (χ0n) is 13.6. The average Bonchev–Trinajstić information content (AvgIpc) is 2.95. The fourth-order valence-corrected chi connectivity index (χ4v) is 4.17. The monoisotopic (exact) mass is 371 g/mol. The van der Waals surface area contributed by atoms with Crippen LogP contribution in [0.5, 0.6) is 0 Å². The summed E-state index contributed by atoms with van der Waals surface area (Å²) < 4.78 is 25.5. The number of nitrogens with zero attached hydrogens (tertiary/aromatic N) is 2. The van der Waals surface area contributed by atoms with Gasteiger partial charge in [0.25, 0.3) is 0 Å². The Morgan fingerprint density at radius 1 is 1.38 bits per heavy atom. The Bertz CT molecular complexity index is 706. The van der Waals surface area contributed by atoms with Gasteiger partial charge in [-0.2, -0.15) is 0 Å². The van der Waals surface area contributed by atoms with Gasteiger partial charge in [-0.05, 0) is 37.1 Å². The number of rotatable bonds is 5. The molecule has 0 unspecified atom stereocenters. The summed E-state index contributed by atoms with van der Waals surface area (Å²) in [4.78, 5) is 7.81. The zero-order valence-corrected chi connectivity index (χ0v) is 15.2. The van der Waals surface area contributed by atoms with Crippen molar-refractivity contribution in [2.75, 3.05) is 25.9 Å². The Labute approximate surface area is 147 Å². The minimum Gasteiger partial charge on any atom is -0.390 e. The van der Waals surface area contributed by atoms with Crippen molar-refractivity contribution in [2.24, 2.45) is 5.16 Å². The maximum atomic E-state index is 11.4. The van der Waals surface area contributed by atoms with Crippen molar-refractivity contribution in [3.8, 4) is 0 Å². The van der Waals surface area contributed by atoms with Crippen LogP contribution in [-0.2, 0) is 14.9 Å². The SMILES string of the molecule is CS(=O)(=O)N[C@H]1CCCN(C[C@H]2CC(c3ccc(Cl)cc3)=NO2)C1. The lowest BCUT2D eigenvalue weighted by molar-refractivity contribution is 0.0441. The van der Waals surface area contributed by atoms with Gasteiger partial charge in [0.15, 0.2) is 0 Å². The van der Waals surface area contributed by atoms with Crippen molar-refractivity contribution in [3.63, 3.8) is 0 Å². The molecule has 1 fully saturated rings. The van der Waals surface area contributed by atoms with Crippen LogP contribution in [0.4, 0.5) is 0 Å². The summed E-state index contributed by atoms with van der Waals surface area (Å²) >= 11 is 5.91. The summed E-state index contributed by atoms with van der Waals surface area (Å²) in [5, 5.41) is 4.90. The van der Waals surface area contributed by atoms with Crippen LogP contribution >= 0.6 is 11.6 Å². The van der Waals surface area contributed by atoms with Gasteiger partial charge in [0.1, 0.15) is 6.10 Å². The van der Waals surface area contributed by atoms with Crippen molar-refractivity contribution in [2.45, 2.75) is 31.4 Å². The van der Waals surface area contributed by atoms with E-state index in [1.54, 1.807) is 0 Å². The number of oxime groups is 1. The maximum Gasteiger partial charge on any atom is 0.208 e. The molecule has 0 spiro atoms. The number of hydrogen-bond donors (Lipinski definition) is 1. The van der Waals surface area contributed by atoms with Gasteiger partial charge in [0.2, 0.25) is 10.0 Å². The molecule has 6 nitrogen and oxygen atoms in total. The predicted molar refractivity (Wildman–Crippen MR) is 94.9 cm³/mol. The Morgan fingerprint density at radius 2 is 2.12 bits per heavy atom. The lowest BCUT2D eigenvalue weighted by Crippen LogP contribution is -2.49. The minimum atomic E-state index is -3.16. The minimum absolute atomic E-state index is 0.00709. The van der Waals surface area contributed by atoms with E-state index in [2.05, 4.69) is 14.8 Å². The fourth-order valence-electron chi connectivity index (χ4n) is 3.25. The summed E-state index contributed by atoms with van der Waals surface area (Å²) in [6.07, 6.45) is 3.82. The van der Waals surface area contributed by atoms with Gasteiger partial charge in [-0.3, -0.25) is 4.90 Å². The van der Waals surface area contributed by atoms with Crippen molar-refractivity contribution in [1.82, 2.24) is 9.62 Å². The lowest BCUT2D eigenvalue weighted by atomic mass is 10.0. The highest BCUT2D eigenvalue weighted by Gasteiger charge is 2.28. The summed E-state index contributed by atoms with van der Waals surface area (Å²) in [5.74, 6) is 0. The summed E-state index contributed by atoms with van der Waals surface area (Å²) in [7, 11) is -3.16. The second kappa shape index (κ2) is 7.39. The van der Waals surface area contributed by atoms with Crippen LogP contribution in [0.25, 0.3) is 0 Å². The Hall–Kier alpha value is -1.15. The summed E-state index contributed by atoms with van der Waals surface area (Å²) in [6.45, 7) is 2.42. The Kier molecular flexibility index (Phi) is 5.44. The van der Waals surface area contributed by atoms with E-state index >= 15 is 0 Å². The van der Waals surface area contributed by atoms with Crippen molar-refractivity contribution in [1.29, 1.82) is 0 Å². The highest BCUT2D eigenvalue weighted by molar-refractivity contribution is 7.88. The van der Waals surface area contributed by atoms with Crippen LogP contribution in [0.1, 0.15) is 24.8 Å². The van der Waals surface area contributed by atoms with Gasteiger partial charge in [-0.15, -0.1) is 0 Å². The quantitative estimate of drug-likeness (QED) is 0.857. The van der Waals surface area contributed by atoms with Crippen LogP contribution in [-0.4, -0.2) is 57.1 Å². The predicted octanol–water partition coefficient (Wildman–Crippen LogP) is 1.85. The second-order valence-electron chi connectivity index (χ2n) is 6.47. The molecule has 132 valence electrons. The molecule has 2 aliphatic rings. The molecule has 0 aromatic heterocycles. The van der Waals surface area contributed by atoms with Gasteiger partial charge < -0.3 is 4.84 Å². The second-order valence-corrected chi connectivity index (χ2v) is 8.68. The van der Waals surface area contributed by atoms with Gasteiger partial charge >= 0.3 is 0 Å². The highest BCUT2D eigenvalue weighted by Crippen LogP contribution is 2.20. The fraction of sp³-hybridized carbons (Fsp3) is 0.562. The number of nitrogens with one attached hydrogen (secondary N) is 1. The number of hydrogen-bond acceptors (Lipinski definition) is 5. The van der Waals surface area contributed by atoms with E-state index in [1.807, 2.05) is 24.3 Å². The summed E-state index contributed by atoms with van der Waals surface area (Å²) in [5.41, 5.74) is 1.96. The van der Waals surface area contributed by atoms with E-state index in [0.717, 1.165) is 43.6 Å². The molecule has 1 saturated heterocycles. The molecule has 2 atom stereocenters. The van der Waals surface area contributed by atoms with Crippen LogP contribution < -0.4 is 4.72 Å². The standard InChI is InChI=1S/C16H22ClN3O3S/c1-24(21,22)19-14-3-2-8-20(10-14)11-15-9-16(18-23-15)12-4-6-13(17)7-5-12/h4-7,14-15,19H,2-3,8-11H2,1H3/t14-,15+/m0/s1. The van der Waals surface area contributed by atoms with E-state index in [1.165, 1.54) is 6.26 Å². The number of piperidine rings is 1. The topological polar surface area (TPSA) is 71.0 Å². The molecule has 8 heteroatoms. The number of benzene rings is 1. The molecule has 0 amide bonds. The first-order valence-corrected chi connectivity index (χ1v) is 10.3. The van der Waals surface area contributed by atoms with Crippen LogP contribution in [0.3, 0.4) is 0 Å². The van der Waals surface area contributed by atoms with Gasteiger partial charge in [-0.25, -0.2) is 13.1 Å². The highest BCUT2D eigenvalue weighted by atomic mass is 35.5. The normalized spacial score (nSPS) is 25.3. The molecule has 0 aliphatic carbocycles. The first-order valence-electron chi connectivity index (χ1n) is 8.07. The van der Waals surface area contributed by atoms with Gasteiger partial charge in [-0.1, -0.05) is 28.9 Å². The molecule has 1 aromatic rings. The smallest absolute Gasteiger partial charge is 0.208 e. The average molecular weight is 372 g/mol. The maximum absolute atomic E-state index is 11.4. The first-order chi connectivity index (χ1) is 11.4. The van der Waals surface area contributed by atoms with Crippen molar-refractivity contribution >= 4 is 27.3 Å². The van der Waals surface area contributed by atoms with E-state index in [4.69, 9.17) is 16.4 Å². The van der Waals surface area contributed by atoms with Crippen LogP contribution in [0, 0.1) is 0 Å². The largest absolute Gasteiger partial charge is 0.390 e. The molecular formula is C16H22ClN3O3S. The summed E-state index contributed by atoms with van der Waals surface area (Å²) in [6, 6.07) is 7.56. The molecule has 0 saturated carbocycles. The van der Waals surface area contributed by atoms with Crippen molar-refractivity contribution in [3.05, 3.63) is 34.9 Å². The molecular weight excluding hydrogens is 350 g/mol. The van der Waals surface area contributed by atoms with E-state index in [-0.39, 0.29) is 12.1 Å². The van der Waals surface area contributed by atoms with Gasteiger partial charge in [0.05, 0.1) is 12.0 Å². The number of likely N-dealkylation sites (tertiary alicyclic amines) is 1. The first kappa shape index (κ1) is 17.7. The van der Waals surface area contributed by atoms with Crippen molar-refractivity contribution < 1.29 is 13.3 Å². The van der Waals surface area contributed by atoms with E-state index < -0.39 is 10.0 Å². The molecule has 1 aromatic carbocycles. The molecule has 2 aliphatic heterocycles. The third-order valence-electron chi connectivity index (χ3n) is 4.26.